The minimum Gasteiger partial charge on any atom is -0.490 e. The standard InChI is InChI=1S/C17H27NO2/c1-5-17(3,19-6-2)16(18-4)13-8-7-9-15(12-13)20-14-10-11-14/h7-9,12,14,16,18H,5-6,10-11H2,1-4H3. The van der Waals surface area contributed by atoms with Gasteiger partial charge in [-0.3, -0.25) is 0 Å². The second-order valence-corrected chi connectivity index (χ2v) is 5.71. The van der Waals surface area contributed by atoms with Crippen LogP contribution in [0.25, 0.3) is 0 Å². The molecule has 1 fully saturated rings. The summed E-state index contributed by atoms with van der Waals surface area (Å²) in [5, 5.41) is 3.41. The average Bonchev–Trinajstić information content (AvgIpc) is 3.24. The van der Waals surface area contributed by atoms with Gasteiger partial charge in [-0.15, -0.1) is 0 Å². The molecule has 0 spiro atoms. The summed E-state index contributed by atoms with van der Waals surface area (Å²) >= 11 is 0. The Morgan fingerprint density at radius 2 is 2.10 bits per heavy atom. The number of hydrogen-bond donors (Lipinski definition) is 1. The van der Waals surface area contributed by atoms with Crippen LogP contribution < -0.4 is 10.1 Å². The van der Waals surface area contributed by atoms with Crippen LogP contribution in [0.4, 0.5) is 0 Å². The molecule has 2 rings (SSSR count). The summed E-state index contributed by atoms with van der Waals surface area (Å²) in [4.78, 5) is 0. The van der Waals surface area contributed by atoms with E-state index in [2.05, 4.69) is 37.4 Å². The molecule has 1 aromatic rings. The maximum atomic E-state index is 6.02. The first-order chi connectivity index (χ1) is 9.62. The number of rotatable bonds is 8. The van der Waals surface area contributed by atoms with Crippen molar-refractivity contribution in [1.82, 2.24) is 5.32 Å². The Morgan fingerprint density at radius 3 is 2.65 bits per heavy atom. The Morgan fingerprint density at radius 1 is 1.35 bits per heavy atom. The van der Waals surface area contributed by atoms with Gasteiger partial charge in [-0.25, -0.2) is 0 Å². The monoisotopic (exact) mass is 277 g/mol. The van der Waals surface area contributed by atoms with E-state index in [4.69, 9.17) is 9.47 Å². The SMILES string of the molecule is CCOC(C)(CC)C(NC)c1cccc(OC2CC2)c1. The molecular formula is C17H27NO2. The molecule has 2 atom stereocenters. The summed E-state index contributed by atoms with van der Waals surface area (Å²) in [7, 11) is 1.99. The lowest BCUT2D eigenvalue weighted by atomic mass is 9.87. The molecule has 20 heavy (non-hydrogen) atoms. The van der Waals surface area contributed by atoms with Crippen LogP contribution in [-0.4, -0.2) is 25.4 Å². The van der Waals surface area contributed by atoms with Gasteiger partial charge in [-0.1, -0.05) is 19.1 Å². The Bertz CT molecular complexity index is 431. The summed E-state index contributed by atoms with van der Waals surface area (Å²) < 4.78 is 11.9. The third-order valence-corrected chi connectivity index (χ3v) is 4.09. The van der Waals surface area contributed by atoms with Gasteiger partial charge in [0.2, 0.25) is 0 Å². The second-order valence-electron chi connectivity index (χ2n) is 5.71. The summed E-state index contributed by atoms with van der Waals surface area (Å²) in [6.07, 6.45) is 3.76. The van der Waals surface area contributed by atoms with Crippen LogP contribution in [0.15, 0.2) is 24.3 Å². The van der Waals surface area contributed by atoms with Crippen LogP contribution in [0.1, 0.15) is 51.6 Å². The first kappa shape index (κ1) is 15.3. The Kier molecular flexibility index (Phi) is 5.06. The van der Waals surface area contributed by atoms with Crippen molar-refractivity contribution < 1.29 is 9.47 Å². The molecule has 3 nitrogen and oxygen atoms in total. The molecule has 1 aliphatic carbocycles. The van der Waals surface area contributed by atoms with Gasteiger partial charge >= 0.3 is 0 Å². The highest BCUT2D eigenvalue weighted by Gasteiger charge is 2.33. The van der Waals surface area contributed by atoms with Crippen molar-refractivity contribution in [2.45, 2.75) is 57.8 Å². The largest absolute Gasteiger partial charge is 0.490 e. The van der Waals surface area contributed by atoms with E-state index in [0.717, 1.165) is 18.8 Å². The normalized spacial score (nSPS) is 19.4. The molecular weight excluding hydrogens is 250 g/mol. The molecule has 112 valence electrons. The van der Waals surface area contributed by atoms with E-state index < -0.39 is 0 Å². The maximum Gasteiger partial charge on any atom is 0.120 e. The van der Waals surface area contributed by atoms with Crippen molar-refractivity contribution in [3.05, 3.63) is 29.8 Å². The Labute approximate surface area is 122 Å². The molecule has 0 aliphatic heterocycles. The van der Waals surface area contributed by atoms with Gasteiger partial charge in [0.05, 0.1) is 17.7 Å². The van der Waals surface area contributed by atoms with Crippen LogP contribution in [0, 0.1) is 0 Å². The molecule has 1 aliphatic rings. The lowest BCUT2D eigenvalue weighted by Crippen LogP contribution is -2.42. The highest BCUT2D eigenvalue weighted by Crippen LogP contribution is 2.34. The van der Waals surface area contributed by atoms with Crippen molar-refractivity contribution in [2.24, 2.45) is 0 Å². The van der Waals surface area contributed by atoms with E-state index in [1.165, 1.54) is 18.4 Å². The quantitative estimate of drug-likeness (QED) is 0.786. The van der Waals surface area contributed by atoms with Gasteiger partial charge in [0.25, 0.3) is 0 Å². The molecule has 0 heterocycles. The van der Waals surface area contributed by atoms with E-state index >= 15 is 0 Å². The second kappa shape index (κ2) is 6.59. The highest BCUT2D eigenvalue weighted by molar-refractivity contribution is 5.32. The zero-order chi connectivity index (χ0) is 14.6. The van der Waals surface area contributed by atoms with E-state index in [1.54, 1.807) is 0 Å². The van der Waals surface area contributed by atoms with Crippen LogP contribution in [0.3, 0.4) is 0 Å². The highest BCUT2D eigenvalue weighted by atomic mass is 16.5. The predicted molar refractivity (Wildman–Crippen MR) is 82.2 cm³/mol. The summed E-state index contributed by atoms with van der Waals surface area (Å²) in [5.41, 5.74) is 1.02. The number of hydrogen-bond acceptors (Lipinski definition) is 3. The maximum absolute atomic E-state index is 6.02. The van der Waals surface area contributed by atoms with Gasteiger partial charge in [-0.05, 0) is 57.9 Å². The number of likely N-dealkylation sites (N-methyl/N-ethyl adjacent to an activating group) is 1. The fourth-order valence-corrected chi connectivity index (χ4v) is 2.69. The fourth-order valence-electron chi connectivity index (χ4n) is 2.69. The summed E-state index contributed by atoms with van der Waals surface area (Å²) in [6.45, 7) is 7.12. The molecule has 1 aromatic carbocycles. The third-order valence-electron chi connectivity index (χ3n) is 4.09. The molecule has 0 bridgehead atoms. The van der Waals surface area contributed by atoms with E-state index in [-0.39, 0.29) is 11.6 Å². The topological polar surface area (TPSA) is 30.5 Å². The number of nitrogens with one attached hydrogen (secondary N) is 1. The van der Waals surface area contributed by atoms with Crippen LogP contribution >= 0.6 is 0 Å². The summed E-state index contributed by atoms with van der Waals surface area (Å²) in [6, 6.07) is 8.56. The Balaban J connectivity index is 2.20. The van der Waals surface area contributed by atoms with Gasteiger partial charge in [0, 0.05) is 6.61 Å². The molecule has 0 aromatic heterocycles. The van der Waals surface area contributed by atoms with E-state index in [1.807, 2.05) is 20.0 Å². The molecule has 1 N–H and O–H groups in total. The molecule has 3 heteroatoms. The number of ether oxygens (including phenoxy) is 2. The van der Waals surface area contributed by atoms with Crippen molar-refractivity contribution >= 4 is 0 Å². The van der Waals surface area contributed by atoms with Gasteiger partial charge in [-0.2, -0.15) is 0 Å². The van der Waals surface area contributed by atoms with Crippen molar-refractivity contribution in [1.29, 1.82) is 0 Å². The fraction of sp³-hybridized carbons (Fsp3) is 0.647. The van der Waals surface area contributed by atoms with Gasteiger partial charge in [0.15, 0.2) is 0 Å². The van der Waals surface area contributed by atoms with E-state index in [9.17, 15) is 0 Å². The third kappa shape index (κ3) is 3.53. The molecule has 0 radical (unpaired) electrons. The summed E-state index contributed by atoms with van der Waals surface area (Å²) in [5.74, 6) is 0.972. The van der Waals surface area contributed by atoms with Gasteiger partial charge in [0.1, 0.15) is 5.75 Å². The molecule has 1 saturated carbocycles. The predicted octanol–water partition coefficient (Wildman–Crippen LogP) is 3.69. The lowest BCUT2D eigenvalue weighted by molar-refractivity contribution is -0.0547. The van der Waals surface area contributed by atoms with Gasteiger partial charge < -0.3 is 14.8 Å². The van der Waals surface area contributed by atoms with E-state index in [0.29, 0.717) is 6.10 Å². The smallest absolute Gasteiger partial charge is 0.120 e. The zero-order valence-electron chi connectivity index (χ0n) is 13.1. The van der Waals surface area contributed by atoms with Crippen LogP contribution in [-0.2, 0) is 4.74 Å². The van der Waals surface area contributed by atoms with Crippen LogP contribution in [0.5, 0.6) is 5.75 Å². The Hall–Kier alpha value is -1.06. The van der Waals surface area contributed by atoms with Crippen molar-refractivity contribution in [3.8, 4) is 5.75 Å². The minimum atomic E-state index is -0.207. The first-order valence-electron chi connectivity index (χ1n) is 7.70. The van der Waals surface area contributed by atoms with Crippen molar-refractivity contribution in [3.63, 3.8) is 0 Å². The number of benzene rings is 1. The minimum absolute atomic E-state index is 0.162. The molecule has 0 amide bonds. The van der Waals surface area contributed by atoms with Crippen LogP contribution in [0.2, 0.25) is 0 Å². The zero-order valence-corrected chi connectivity index (χ0v) is 13.1. The first-order valence-corrected chi connectivity index (χ1v) is 7.70. The lowest BCUT2D eigenvalue weighted by Gasteiger charge is -2.37. The average molecular weight is 277 g/mol. The van der Waals surface area contributed by atoms with Crippen molar-refractivity contribution in [2.75, 3.05) is 13.7 Å². The molecule has 2 unspecified atom stereocenters. The molecule has 0 saturated heterocycles.